The summed E-state index contributed by atoms with van der Waals surface area (Å²) in [5.74, 6) is -0.918. The molecule has 1 atom stereocenters. The summed E-state index contributed by atoms with van der Waals surface area (Å²) < 4.78 is 11.2. The summed E-state index contributed by atoms with van der Waals surface area (Å²) in [5.41, 5.74) is 3.84. The highest BCUT2D eigenvalue weighted by Crippen LogP contribution is 2.25. The summed E-state index contributed by atoms with van der Waals surface area (Å²) in [6.07, 6.45) is 1.30. The van der Waals surface area contributed by atoms with E-state index in [1.54, 1.807) is 50.2 Å². The summed E-state index contributed by atoms with van der Waals surface area (Å²) in [5, 5.41) is 15.9. The summed E-state index contributed by atoms with van der Waals surface area (Å²) in [6, 6.07) is 16.2. The van der Waals surface area contributed by atoms with E-state index < -0.39 is 23.8 Å². The van der Waals surface area contributed by atoms with E-state index in [1.165, 1.54) is 12.3 Å². The van der Waals surface area contributed by atoms with E-state index in [0.717, 1.165) is 5.56 Å². The van der Waals surface area contributed by atoms with E-state index in [9.17, 15) is 19.5 Å². The molecule has 9 heteroatoms. The summed E-state index contributed by atoms with van der Waals surface area (Å²) in [6.45, 7) is 5.25. The van der Waals surface area contributed by atoms with Crippen molar-refractivity contribution in [3.63, 3.8) is 0 Å². The summed E-state index contributed by atoms with van der Waals surface area (Å²) in [7, 11) is 0. The average Bonchev–Trinajstić information content (AvgIpc) is 3.30. The standard InChI is InChI=1S/C26H27N3O6/c1-16(2)24(28-23(30)15-34-21-11-7-4-8-17(21)3)25(31)29-27-14-18-12-13-22(35-18)19-9-5-6-10-20(19)26(32)33/h4-14,16,24H,15H2,1-3H3,(H,28,30)(H,29,31)(H,32,33)/b27-14-/t24-/m1/s1. The minimum absolute atomic E-state index is 0.112. The molecule has 0 saturated heterocycles. The molecule has 0 bridgehead atoms. The van der Waals surface area contributed by atoms with Crippen molar-refractivity contribution >= 4 is 24.0 Å². The average molecular weight is 478 g/mol. The Balaban J connectivity index is 1.58. The van der Waals surface area contributed by atoms with Crippen molar-refractivity contribution in [2.24, 2.45) is 11.0 Å². The molecule has 3 rings (SSSR count). The first-order valence-corrected chi connectivity index (χ1v) is 11.0. The molecule has 2 amide bonds. The third kappa shape index (κ3) is 6.80. The van der Waals surface area contributed by atoms with Gasteiger partial charge in [0, 0.05) is 5.56 Å². The zero-order valence-corrected chi connectivity index (χ0v) is 19.6. The number of hydrogen-bond donors (Lipinski definition) is 3. The lowest BCUT2D eigenvalue weighted by Gasteiger charge is -2.20. The number of carboxylic acid groups (broad SMARTS) is 1. The lowest BCUT2D eigenvalue weighted by molar-refractivity contribution is -0.131. The molecule has 9 nitrogen and oxygen atoms in total. The van der Waals surface area contributed by atoms with Crippen LogP contribution < -0.4 is 15.5 Å². The molecule has 0 aliphatic heterocycles. The Morgan fingerprint density at radius 2 is 1.77 bits per heavy atom. The predicted octanol–water partition coefficient (Wildman–Crippen LogP) is 3.62. The highest BCUT2D eigenvalue weighted by Gasteiger charge is 2.24. The summed E-state index contributed by atoms with van der Waals surface area (Å²) in [4.78, 5) is 36.4. The van der Waals surface area contributed by atoms with Crippen LogP contribution in [0, 0.1) is 12.8 Å². The molecule has 35 heavy (non-hydrogen) atoms. The number of nitrogens with one attached hydrogen (secondary N) is 2. The maximum absolute atomic E-state index is 12.6. The Bertz CT molecular complexity index is 1230. The molecular formula is C26H27N3O6. The molecule has 182 valence electrons. The normalized spacial score (nSPS) is 11.9. The number of hydrogen-bond acceptors (Lipinski definition) is 6. The number of para-hydroxylation sites is 1. The van der Waals surface area contributed by atoms with Crippen LogP contribution in [0.15, 0.2) is 70.2 Å². The van der Waals surface area contributed by atoms with E-state index >= 15 is 0 Å². The number of carboxylic acids is 1. The van der Waals surface area contributed by atoms with Gasteiger partial charge >= 0.3 is 5.97 Å². The molecular weight excluding hydrogens is 450 g/mol. The number of rotatable bonds is 10. The molecule has 1 heterocycles. The molecule has 0 aliphatic carbocycles. The Morgan fingerprint density at radius 3 is 2.49 bits per heavy atom. The van der Waals surface area contributed by atoms with Crippen molar-refractivity contribution < 1.29 is 28.6 Å². The van der Waals surface area contributed by atoms with Gasteiger partial charge in [0.15, 0.2) is 6.61 Å². The van der Waals surface area contributed by atoms with Crippen molar-refractivity contribution in [3.05, 3.63) is 77.6 Å². The topological polar surface area (TPSA) is 130 Å². The Hall–Kier alpha value is -4.40. The fraction of sp³-hybridized carbons (Fsp3) is 0.231. The van der Waals surface area contributed by atoms with Crippen LogP contribution in [-0.4, -0.2) is 41.8 Å². The second kappa shape index (κ2) is 11.6. The molecule has 0 spiro atoms. The Kier molecular flexibility index (Phi) is 8.39. The first-order valence-electron chi connectivity index (χ1n) is 11.0. The van der Waals surface area contributed by atoms with Crippen LogP contribution in [0.25, 0.3) is 11.3 Å². The SMILES string of the molecule is Cc1ccccc1OCC(=O)N[C@@H](C(=O)N/N=C\c1ccc(-c2ccccc2C(=O)O)o1)C(C)C. The molecule has 0 unspecified atom stereocenters. The number of aromatic carboxylic acids is 1. The van der Waals surface area contributed by atoms with Crippen molar-refractivity contribution in [1.82, 2.24) is 10.7 Å². The number of hydrazone groups is 1. The largest absolute Gasteiger partial charge is 0.484 e. The maximum atomic E-state index is 12.6. The van der Waals surface area contributed by atoms with Crippen molar-refractivity contribution in [2.75, 3.05) is 6.61 Å². The van der Waals surface area contributed by atoms with Crippen LogP contribution in [0.4, 0.5) is 0 Å². The molecule has 0 saturated carbocycles. The third-order valence-corrected chi connectivity index (χ3v) is 5.13. The van der Waals surface area contributed by atoms with Gasteiger partial charge in [-0.05, 0) is 42.7 Å². The minimum atomic E-state index is -1.06. The number of carbonyl (C=O) groups excluding carboxylic acids is 2. The summed E-state index contributed by atoms with van der Waals surface area (Å²) >= 11 is 0. The zero-order valence-electron chi connectivity index (χ0n) is 19.6. The van der Waals surface area contributed by atoms with Gasteiger partial charge in [0.25, 0.3) is 11.8 Å². The van der Waals surface area contributed by atoms with Gasteiger partial charge in [-0.2, -0.15) is 5.10 Å². The highest BCUT2D eigenvalue weighted by atomic mass is 16.5. The number of amides is 2. The minimum Gasteiger partial charge on any atom is -0.484 e. The highest BCUT2D eigenvalue weighted by molar-refractivity contribution is 5.95. The fourth-order valence-corrected chi connectivity index (χ4v) is 3.29. The Morgan fingerprint density at radius 1 is 1.06 bits per heavy atom. The van der Waals surface area contributed by atoms with Crippen molar-refractivity contribution in [3.8, 4) is 17.1 Å². The van der Waals surface area contributed by atoms with Gasteiger partial charge < -0.3 is 19.6 Å². The smallest absolute Gasteiger partial charge is 0.336 e. The number of nitrogens with zero attached hydrogens (tertiary/aromatic N) is 1. The van der Waals surface area contributed by atoms with Crippen molar-refractivity contribution in [1.29, 1.82) is 0 Å². The van der Waals surface area contributed by atoms with Gasteiger partial charge in [-0.3, -0.25) is 9.59 Å². The second-order valence-electron chi connectivity index (χ2n) is 8.13. The van der Waals surface area contributed by atoms with Gasteiger partial charge in [0.1, 0.15) is 23.3 Å². The molecule has 0 aliphatic rings. The van der Waals surface area contributed by atoms with Gasteiger partial charge in [-0.25, -0.2) is 10.2 Å². The van der Waals surface area contributed by atoms with Gasteiger partial charge in [0.2, 0.25) is 0 Å². The lowest BCUT2D eigenvalue weighted by atomic mass is 10.0. The van der Waals surface area contributed by atoms with E-state index in [1.807, 2.05) is 25.1 Å². The van der Waals surface area contributed by atoms with E-state index in [-0.39, 0.29) is 18.1 Å². The van der Waals surface area contributed by atoms with Crippen LogP contribution in [-0.2, 0) is 9.59 Å². The number of furan rings is 1. The fourth-order valence-electron chi connectivity index (χ4n) is 3.29. The third-order valence-electron chi connectivity index (χ3n) is 5.13. The quantitative estimate of drug-likeness (QED) is 0.302. The predicted molar refractivity (Wildman–Crippen MR) is 130 cm³/mol. The van der Waals surface area contributed by atoms with Crippen LogP contribution in [0.1, 0.15) is 35.5 Å². The first-order chi connectivity index (χ1) is 16.8. The number of carbonyl (C=O) groups is 3. The van der Waals surface area contributed by atoms with Gasteiger partial charge in [0.05, 0.1) is 11.8 Å². The monoisotopic (exact) mass is 477 g/mol. The number of ether oxygens (including phenoxy) is 1. The van der Waals surface area contributed by atoms with E-state index in [0.29, 0.717) is 22.8 Å². The molecule has 3 N–H and O–H groups in total. The van der Waals surface area contributed by atoms with E-state index in [4.69, 9.17) is 9.15 Å². The first kappa shape index (κ1) is 25.2. The maximum Gasteiger partial charge on any atom is 0.336 e. The molecule has 0 fully saturated rings. The van der Waals surface area contributed by atoms with Gasteiger partial charge in [-0.1, -0.05) is 50.2 Å². The zero-order chi connectivity index (χ0) is 25.4. The van der Waals surface area contributed by atoms with Crippen LogP contribution in [0.3, 0.4) is 0 Å². The lowest BCUT2D eigenvalue weighted by Crippen LogP contribution is -2.49. The molecule has 0 radical (unpaired) electrons. The van der Waals surface area contributed by atoms with E-state index in [2.05, 4.69) is 15.8 Å². The molecule has 1 aromatic heterocycles. The van der Waals surface area contributed by atoms with Crippen LogP contribution in [0.2, 0.25) is 0 Å². The number of benzene rings is 2. The van der Waals surface area contributed by atoms with Gasteiger partial charge in [-0.15, -0.1) is 0 Å². The molecule has 2 aromatic carbocycles. The van der Waals surface area contributed by atoms with Crippen LogP contribution in [0.5, 0.6) is 5.75 Å². The number of aryl methyl sites for hydroxylation is 1. The Labute approximate surface area is 202 Å². The van der Waals surface area contributed by atoms with Crippen LogP contribution >= 0.6 is 0 Å². The van der Waals surface area contributed by atoms with Crippen molar-refractivity contribution in [2.45, 2.75) is 26.8 Å². The second-order valence-corrected chi connectivity index (χ2v) is 8.13. The molecule has 3 aromatic rings.